The Morgan fingerprint density at radius 1 is 0.970 bits per heavy atom. The quantitative estimate of drug-likeness (QED) is 0.125. The third kappa shape index (κ3) is 9.43. The van der Waals surface area contributed by atoms with Crippen LogP contribution in [0.3, 0.4) is 0 Å². The van der Waals surface area contributed by atoms with E-state index in [0.717, 1.165) is 106 Å². The molecule has 14 heteroatoms. The van der Waals surface area contributed by atoms with E-state index in [1.54, 1.807) is 0 Å². The Morgan fingerprint density at radius 3 is 2.64 bits per heavy atom. The lowest BCUT2D eigenvalue weighted by atomic mass is 9.70. The molecule has 12 nitrogen and oxygen atoms in total. The number of rotatable bonds is 3. The predicted octanol–water partition coefficient (Wildman–Crippen LogP) is 9.12. The van der Waals surface area contributed by atoms with Gasteiger partial charge in [0, 0.05) is 73.7 Å². The van der Waals surface area contributed by atoms with Crippen LogP contribution in [0.2, 0.25) is 0 Å². The summed E-state index contributed by atoms with van der Waals surface area (Å²) in [5.74, 6) is 3.64. The number of nitrogens with one attached hydrogen (secondary N) is 2. The van der Waals surface area contributed by atoms with Gasteiger partial charge in [0.25, 0.3) is 0 Å². The Bertz CT molecular complexity index is 2140. The van der Waals surface area contributed by atoms with E-state index in [1.165, 1.54) is 45.4 Å². The van der Waals surface area contributed by atoms with Crippen molar-refractivity contribution in [3.05, 3.63) is 46.3 Å². The zero-order valence-corrected chi connectivity index (χ0v) is 41.8. The number of nitrogens with two attached hydrogens (primary N) is 2. The molecule has 8 atom stereocenters. The highest BCUT2D eigenvalue weighted by molar-refractivity contribution is 8.77. The first-order valence-corrected chi connectivity index (χ1v) is 28.6. The number of aliphatic hydroxyl groups excluding tert-OH is 1. The molecule has 0 unspecified atom stereocenters. The lowest BCUT2D eigenvalue weighted by Gasteiger charge is -2.44. The fourth-order valence-electron chi connectivity index (χ4n) is 15.2. The van der Waals surface area contributed by atoms with Crippen LogP contribution in [0.25, 0.3) is 0 Å². The monoisotopic (exact) mass is 959 g/mol. The van der Waals surface area contributed by atoms with Crippen LogP contribution in [-0.2, 0) is 27.3 Å². The van der Waals surface area contributed by atoms with E-state index in [1.807, 2.05) is 32.6 Å². The lowest BCUT2D eigenvalue weighted by molar-refractivity contribution is -0.168. The Labute approximate surface area is 406 Å². The maximum atomic E-state index is 14.5. The number of aromatic hydroxyl groups is 1. The van der Waals surface area contributed by atoms with Gasteiger partial charge in [-0.2, -0.15) is 0 Å². The summed E-state index contributed by atoms with van der Waals surface area (Å²) in [7, 11) is 3.99. The minimum absolute atomic E-state index is 0.0614. The number of carbonyl (C=O) groups excluding carboxylic acids is 2. The van der Waals surface area contributed by atoms with Crippen molar-refractivity contribution in [1.29, 1.82) is 0 Å². The van der Waals surface area contributed by atoms with Crippen molar-refractivity contribution in [3.8, 4) is 11.5 Å². The van der Waals surface area contributed by atoms with E-state index in [4.69, 9.17) is 25.9 Å². The number of amides is 1. The van der Waals surface area contributed by atoms with Crippen LogP contribution in [0.1, 0.15) is 184 Å². The van der Waals surface area contributed by atoms with Gasteiger partial charge < -0.3 is 46.7 Å². The first kappa shape index (κ1) is 47.4. The van der Waals surface area contributed by atoms with Crippen LogP contribution < -0.4 is 26.8 Å². The van der Waals surface area contributed by atoms with Crippen molar-refractivity contribution in [3.63, 3.8) is 0 Å². The summed E-state index contributed by atoms with van der Waals surface area (Å²) >= 11 is 0. The summed E-state index contributed by atoms with van der Waals surface area (Å²) in [5.41, 5.74) is 16.0. The maximum absolute atomic E-state index is 14.5. The molecule has 11 aliphatic rings. The van der Waals surface area contributed by atoms with Gasteiger partial charge in [0.15, 0.2) is 17.5 Å². The number of esters is 1. The number of phenols is 1. The fraction of sp³-hybridized carbons (Fsp3) is 0.755. The number of carbonyl (C=O) groups is 2. The smallest absolute Gasteiger partial charge is 0.303 e. The fourth-order valence-corrected chi connectivity index (χ4v) is 18.8. The van der Waals surface area contributed by atoms with Crippen molar-refractivity contribution >= 4 is 39.4 Å². The molecule has 368 valence electrons. The van der Waals surface area contributed by atoms with Crippen molar-refractivity contribution < 1.29 is 29.3 Å². The molecular formula is C53H78N6O6S2. The van der Waals surface area contributed by atoms with Crippen molar-refractivity contribution in [2.45, 2.75) is 202 Å². The Hall–Kier alpha value is -3.23. The van der Waals surface area contributed by atoms with E-state index in [9.17, 15) is 19.8 Å². The Balaban J connectivity index is 0.994. The van der Waals surface area contributed by atoms with Crippen LogP contribution in [0.4, 0.5) is 0 Å². The molecule has 0 radical (unpaired) electrons. The molecule has 5 aliphatic carbocycles. The molecule has 1 aromatic rings. The van der Waals surface area contributed by atoms with Gasteiger partial charge in [-0.15, -0.1) is 0 Å². The highest BCUT2D eigenvalue weighted by atomic mass is 33.1. The summed E-state index contributed by atoms with van der Waals surface area (Å²) in [6.07, 6.45) is 27.6. The van der Waals surface area contributed by atoms with E-state index in [-0.39, 0.29) is 51.9 Å². The third-order valence-electron chi connectivity index (χ3n) is 18.6. The molecule has 8 N–H and O–H groups in total. The normalized spacial score (nSPS) is 36.8. The van der Waals surface area contributed by atoms with E-state index in [2.05, 4.69) is 22.8 Å². The number of guanidine groups is 1. The van der Waals surface area contributed by atoms with Crippen LogP contribution in [-0.4, -0.2) is 80.5 Å². The molecule has 3 spiro atoms. The highest BCUT2D eigenvalue weighted by Crippen LogP contribution is 2.63. The van der Waals surface area contributed by atoms with Gasteiger partial charge in [-0.25, -0.2) is 0 Å². The molecule has 6 fully saturated rings. The Morgan fingerprint density at radius 2 is 1.82 bits per heavy atom. The summed E-state index contributed by atoms with van der Waals surface area (Å²) < 4.78 is 13.5. The molecule has 1 amide bonds. The van der Waals surface area contributed by atoms with Crippen LogP contribution in [0, 0.1) is 22.7 Å². The number of aliphatic hydroxyl groups is 1. The number of aliphatic imine (C=N–C) groups is 1. The molecule has 6 aliphatic heterocycles. The lowest BCUT2D eigenvalue weighted by Crippen LogP contribution is -2.55. The van der Waals surface area contributed by atoms with Crippen molar-refractivity contribution in [2.24, 2.45) is 39.1 Å². The number of hydrogen-bond acceptors (Lipinski definition) is 13. The van der Waals surface area contributed by atoms with Crippen LogP contribution in [0.5, 0.6) is 11.5 Å². The predicted molar refractivity (Wildman–Crippen MR) is 267 cm³/mol. The second-order valence-electron chi connectivity index (χ2n) is 22.8. The Kier molecular flexibility index (Phi) is 13.6. The number of allylic oxidation sites excluding steroid dienone is 2. The van der Waals surface area contributed by atoms with Crippen molar-refractivity contribution in [1.82, 2.24) is 15.5 Å². The molecule has 67 heavy (non-hydrogen) atoms. The van der Waals surface area contributed by atoms with Crippen molar-refractivity contribution in [2.75, 3.05) is 25.4 Å². The maximum Gasteiger partial charge on any atom is 0.303 e. The first-order chi connectivity index (χ1) is 32.3. The van der Waals surface area contributed by atoms with Crippen LogP contribution >= 0.6 is 21.6 Å². The van der Waals surface area contributed by atoms with E-state index < -0.39 is 17.1 Å². The number of ether oxygens (including phenoxy) is 2. The number of nitrogens with zero attached hydrogens (tertiary/aromatic N) is 2. The van der Waals surface area contributed by atoms with E-state index >= 15 is 0 Å². The zero-order chi connectivity index (χ0) is 46.4. The van der Waals surface area contributed by atoms with Gasteiger partial charge in [-0.1, -0.05) is 53.3 Å². The number of aryl methyl sites for hydroxylation is 1. The average molecular weight is 959 g/mol. The summed E-state index contributed by atoms with van der Waals surface area (Å²) in [4.78, 5) is 34.2. The summed E-state index contributed by atoms with van der Waals surface area (Å²) in [6.45, 7) is 3.42. The molecule has 8 bridgehead atoms. The molecule has 1 saturated heterocycles. The molecular weight excluding hydrogens is 881 g/mol. The summed E-state index contributed by atoms with van der Waals surface area (Å²) in [5, 5.41) is 31.4. The summed E-state index contributed by atoms with van der Waals surface area (Å²) in [6, 6.07) is 2.14. The zero-order valence-electron chi connectivity index (χ0n) is 40.1. The molecule has 5 saturated carbocycles. The highest BCUT2D eigenvalue weighted by Gasteiger charge is 2.57. The van der Waals surface area contributed by atoms with E-state index in [0.29, 0.717) is 87.2 Å². The number of phenolic OH excluding ortho intramolecular Hbond substituents is 1. The van der Waals surface area contributed by atoms with Gasteiger partial charge in [0.2, 0.25) is 5.91 Å². The third-order valence-corrected chi connectivity index (χ3v) is 21.9. The number of fused-ring (bicyclic) bond motifs is 13. The van der Waals surface area contributed by atoms with Crippen LogP contribution in [0.15, 0.2) is 34.6 Å². The number of dihydropyridines is 1. The molecule has 0 aromatic heterocycles. The number of benzene rings is 1. The SMILES string of the molecule is CC(=O)O[C@@]12CCc3cc(c(O)c4c3[C@H]3CC[C@@]5(CCC[C@H]5C3)O4)CN3C[C@@](CC4=CCNC(N)=C4)(CCN=C(N)N[C@]4(CCCC45CCCC5)SSCCCCC[C@@H](CC1)[C@H](O)C2)CC3=O. The first-order valence-electron chi connectivity index (χ1n) is 26.3. The second kappa shape index (κ2) is 19.2. The standard InChI is InChI=1S/C53H78N6O6S2/c1-35(60)64-51-20-11-37(42(61)31-51)9-3-2-6-26-66-67-53(19-8-17-50(53)15-4-5-16-50)58-48(55)57-25-23-49(30-36-14-24-56-43(54)27-36)32-44(62)59(34-49)33-40-28-38(12-21-51)45-39-13-22-52(65-47(45)46(40)63)18-7-10-41(52)29-39/h14,27-28,37,39,41-42,56,61,63H,2-13,15-26,29-34,54H2,1H3,(H3,55,57,58)/t37-,39-,41-,42+,49+,51+,52+,53+/m0/s1. The van der Waals surface area contributed by atoms with Gasteiger partial charge in [0.05, 0.1) is 11.9 Å². The van der Waals surface area contributed by atoms with Gasteiger partial charge in [-0.05, 0) is 163 Å². The molecule has 6 heterocycles. The van der Waals surface area contributed by atoms with Gasteiger partial charge in [-0.3, -0.25) is 14.6 Å². The van der Waals surface area contributed by atoms with Gasteiger partial charge in [0.1, 0.15) is 16.1 Å². The number of hydrogen-bond donors (Lipinski definition) is 6. The molecule has 12 rings (SSSR count). The van der Waals surface area contributed by atoms with Gasteiger partial charge >= 0.3 is 5.97 Å². The second-order valence-corrected chi connectivity index (χ2v) is 25.5. The largest absolute Gasteiger partial charge is 0.504 e. The topological polar surface area (TPSA) is 185 Å². The molecule has 1 aromatic carbocycles. The minimum Gasteiger partial charge on any atom is -0.504 e. The average Bonchev–Trinajstić information content (AvgIpc) is 4.04. The minimum atomic E-state index is -0.775.